The Kier molecular flexibility index (Phi) is 4.74. The number of nitrogens with zero attached hydrogens (tertiary/aromatic N) is 2. The summed E-state index contributed by atoms with van der Waals surface area (Å²) < 4.78 is 0. The predicted octanol–water partition coefficient (Wildman–Crippen LogP) is -1.39. The highest BCUT2D eigenvalue weighted by molar-refractivity contribution is 6.35. The van der Waals surface area contributed by atoms with Gasteiger partial charge in [0.1, 0.15) is 0 Å². The number of piperazine rings is 1. The number of likely N-dealkylation sites (N-methyl/N-ethyl adjacent to an activating group) is 1. The highest BCUT2D eigenvalue weighted by atomic mass is 16.2. The number of nitrogens with one attached hydrogen (secondary N) is 2. The van der Waals surface area contributed by atoms with Crippen molar-refractivity contribution < 1.29 is 14.4 Å². The molecule has 0 radical (unpaired) electrons. The maximum atomic E-state index is 11.6. The fourth-order valence-electron chi connectivity index (χ4n) is 1.62. The Labute approximate surface area is 100 Å². The van der Waals surface area contributed by atoms with E-state index in [4.69, 9.17) is 0 Å². The molecule has 1 heterocycles. The van der Waals surface area contributed by atoms with Gasteiger partial charge in [0, 0.05) is 39.8 Å². The summed E-state index contributed by atoms with van der Waals surface area (Å²) in [6.45, 7) is 4.16. The maximum Gasteiger partial charge on any atom is 0.314 e. The molecule has 0 aromatic heterocycles. The first-order valence-corrected chi connectivity index (χ1v) is 5.64. The number of urea groups is 1. The molecule has 96 valence electrons. The molecule has 0 bridgehead atoms. The van der Waals surface area contributed by atoms with Crippen molar-refractivity contribution in [1.82, 2.24) is 20.4 Å². The molecule has 0 atom stereocenters. The van der Waals surface area contributed by atoms with E-state index < -0.39 is 11.8 Å². The van der Waals surface area contributed by atoms with Crippen LogP contribution in [0.1, 0.15) is 6.92 Å². The van der Waals surface area contributed by atoms with Crippen LogP contribution in [-0.4, -0.2) is 67.4 Å². The summed E-state index contributed by atoms with van der Waals surface area (Å²) in [6, 6.07) is -0.295. The number of carbonyl (C=O) groups is 3. The lowest BCUT2D eigenvalue weighted by Crippen LogP contribution is -2.55. The van der Waals surface area contributed by atoms with Crippen LogP contribution in [0.2, 0.25) is 0 Å². The second-order valence-corrected chi connectivity index (χ2v) is 3.68. The van der Waals surface area contributed by atoms with Gasteiger partial charge in [-0.1, -0.05) is 0 Å². The van der Waals surface area contributed by atoms with E-state index in [0.717, 1.165) is 0 Å². The Bertz CT molecular complexity index is 319. The number of amides is 4. The monoisotopic (exact) mass is 242 g/mol. The van der Waals surface area contributed by atoms with Gasteiger partial charge in [-0.05, 0) is 6.92 Å². The van der Waals surface area contributed by atoms with Crippen molar-refractivity contribution in [3.63, 3.8) is 0 Å². The standard InChI is InChI=1S/C10H18N4O3/c1-3-13-6-7-14(9(16)8(13)15)5-4-12-10(17)11-2/h3-7H2,1-2H3,(H2,11,12,17). The first-order valence-electron chi connectivity index (χ1n) is 5.64. The highest BCUT2D eigenvalue weighted by Gasteiger charge is 2.30. The second kappa shape index (κ2) is 6.07. The summed E-state index contributed by atoms with van der Waals surface area (Å²) in [7, 11) is 1.52. The summed E-state index contributed by atoms with van der Waals surface area (Å²) in [6.07, 6.45) is 0. The number of hydrogen-bond acceptors (Lipinski definition) is 3. The van der Waals surface area contributed by atoms with E-state index in [-0.39, 0.29) is 6.03 Å². The molecule has 1 aliphatic rings. The van der Waals surface area contributed by atoms with E-state index in [1.165, 1.54) is 16.8 Å². The van der Waals surface area contributed by atoms with E-state index in [1.54, 1.807) is 0 Å². The molecule has 0 aromatic carbocycles. The van der Waals surface area contributed by atoms with Crippen LogP contribution in [0.25, 0.3) is 0 Å². The van der Waals surface area contributed by atoms with Crippen LogP contribution in [0, 0.1) is 0 Å². The fraction of sp³-hybridized carbons (Fsp3) is 0.700. The first kappa shape index (κ1) is 13.3. The highest BCUT2D eigenvalue weighted by Crippen LogP contribution is 2.03. The van der Waals surface area contributed by atoms with E-state index >= 15 is 0 Å². The summed E-state index contributed by atoms with van der Waals surface area (Å²) in [4.78, 5) is 37.1. The minimum absolute atomic E-state index is 0.295. The second-order valence-electron chi connectivity index (χ2n) is 3.68. The van der Waals surface area contributed by atoms with Crippen molar-refractivity contribution in [3.8, 4) is 0 Å². The Morgan fingerprint density at radius 3 is 2.41 bits per heavy atom. The Hall–Kier alpha value is -1.79. The zero-order chi connectivity index (χ0) is 12.8. The molecule has 1 aliphatic heterocycles. The molecule has 0 saturated carbocycles. The average molecular weight is 242 g/mol. The van der Waals surface area contributed by atoms with E-state index in [2.05, 4.69) is 10.6 Å². The number of rotatable bonds is 4. The lowest BCUT2D eigenvalue weighted by atomic mass is 10.3. The van der Waals surface area contributed by atoms with Crippen LogP contribution < -0.4 is 10.6 Å². The minimum atomic E-state index is -0.489. The first-order chi connectivity index (χ1) is 8.10. The molecule has 17 heavy (non-hydrogen) atoms. The van der Waals surface area contributed by atoms with Gasteiger partial charge in [0.2, 0.25) is 0 Å². The van der Waals surface area contributed by atoms with Crippen molar-refractivity contribution in [2.45, 2.75) is 6.92 Å². The fourth-order valence-corrected chi connectivity index (χ4v) is 1.62. The van der Waals surface area contributed by atoms with Gasteiger partial charge in [-0.3, -0.25) is 9.59 Å². The zero-order valence-electron chi connectivity index (χ0n) is 10.2. The molecule has 0 unspecified atom stereocenters. The molecule has 7 heteroatoms. The van der Waals surface area contributed by atoms with E-state index in [0.29, 0.717) is 32.7 Å². The normalized spacial score (nSPS) is 16.1. The van der Waals surface area contributed by atoms with Crippen molar-refractivity contribution in [1.29, 1.82) is 0 Å². The molecule has 7 nitrogen and oxygen atoms in total. The van der Waals surface area contributed by atoms with Gasteiger partial charge in [0.25, 0.3) is 0 Å². The average Bonchev–Trinajstić information content (AvgIpc) is 2.34. The predicted molar refractivity (Wildman–Crippen MR) is 61.3 cm³/mol. The molecule has 1 rings (SSSR count). The van der Waals surface area contributed by atoms with Crippen LogP contribution in [0.4, 0.5) is 4.79 Å². The lowest BCUT2D eigenvalue weighted by molar-refractivity contribution is -0.155. The smallest absolute Gasteiger partial charge is 0.314 e. The van der Waals surface area contributed by atoms with Crippen molar-refractivity contribution >= 4 is 17.8 Å². The third kappa shape index (κ3) is 3.33. The zero-order valence-corrected chi connectivity index (χ0v) is 10.2. The quantitative estimate of drug-likeness (QED) is 0.595. The number of hydrogen-bond donors (Lipinski definition) is 2. The van der Waals surface area contributed by atoms with Crippen molar-refractivity contribution in [2.75, 3.05) is 39.8 Å². The van der Waals surface area contributed by atoms with Gasteiger partial charge in [0.15, 0.2) is 0 Å². The van der Waals surface area contributed by atoms with Crippen LogP contribution in [0.15, 0.2) is 0 Å². The summed E-state index contributed by atoms with van der Waals surface area (Å²) in [5, 5.41) is 4.98. The number of carbonyl (C=O) groups excluding carboxylic acids is 3. The van der Waals surface area contributed by atoms with Crippen molar-refractivity contribution in [3.05, 3.63) is 0 Å². The summed E-state index contributed by atoms with van der Waals surface area (Å²) in [5.41, 5.74) is 0. The molecule has 1 saturated heterocycles. The SMILES string of the molecule is CCN1CCN(CCNC(=O)NC)C(=O)C1=O. The molecular formula is C10H18N4O3. The van der Waals surface area contributed by atoms with Gasteiger partial charge in [-0.2, -0.15) is 0 Å². The Morgan fingerprint density at radius 1 is 1.24 bits per heavy atom. The molecule has 0 aromatic rings. The van der Waals surface area contributed by atoms with Crippen LogP contribution in [0.3, 0.4) is 0 Å². The molecule has 1 fully saturated rings. The topological polar surface area (TPSA) is 81.8 Å². The third-order valence-corrected chi connectivity index (χ3v) is 2.67. The van der Waals surface area contributed by atoms with Gasteiger partial charge in [-0.15, -0.1) is 0 Å². The summed E-state index contributed by atoms with van der Waals surface area (Å²) >= 11 is 0. The molecule has 2 N–H and O–H groups in total. The van der Waals surface area contributed by atoms with E-state index in [1.807, 2.05) is 6.92 Å². The van der Waals surface area contributed by atoms with Gasteiger partial charge < -0.3 is 20.4 Å². The van der Waals surface area contributed by atoms with Gasteiger partial charge in [-0.25, -0.2) is 4.79 Å². The maximum absolute atomic E-state index is 11.6. The molecular weight excluding hydrogens is 224 g/mol. The van der Waals surface area contributed by atoms with Gasteiger partial charge in [0.05, 0.1) is 0 Å². The molecule has 0 aliphatic carbocycles. The van der Waals surface area contributed by atoms with Crippen LogP contribution >= 0.6 is 0 Å². The van der Waals surface area contributed by atoms with Gasteiger partial charge >= 0.3 is 17.8 Å². The van der Waals surface area contributed by atoms with E-state index in [9.17, 15) is 14.4 Å². The molecule has 4 amide bonds. The van der Waals surface area contributed by atoms with Crippen LogP contribution in [-0.2, 0) is 9.59 Å². The Balaban J connectivity index is 2.38. The summed E-state index contributed by atoms with van der Waals surface area (Å²) in [5.74, 6) is -0.949. The minimum Gasteiger partial charge on any atom is -0.341 e. The third-order valence-electron chi connectivity index (χ3n) is 2.67. The van der Waals surface area contributed by atoms with Crippen molar-refractivity contribution in [2.24, 2.45) is 0 Å². The van der Waals surface area contributed by atoms with Crippen LogP contribution in [0.5, 0.6) is 0 Å². The molecule has 0 spiro atoms. The lowest BCUT2D eigenvalue weighted by Gasteiger charge is -2.33. The Morgan fingerprint density at radius 2 is 1.82 bits per heavy atom. The largest absolute Gasteiger partial charge is 0.341 e.